The molecule has 0 saturated carbocycles. The van der Waals surface area contributed by atoms with Crippen LogP contribution in [-0.4, -0.2) is 52.1 Å². The number of hydrogen-bond donors (Lipinski definition) is 0. The first-order valence-electron chi connectivity index (χ1n) is 9.53. The molecule has 2 heterocycles. The number of fused-ring (bicyclic) bond motifs is 1. The van der Waals surface area contributed by atoms with E-state index in [4.69, 9.17) is 9.47 Å². The van der Waals surface area contributed by atoms with Crippen LogP contribution in [0.15, 0.2) is 35.2 Å². The molecule has 30 heavy (non-hydrogen) atoms. The Bertz CT molecular complexity index is 884. The van der Waals surface area contributed by atoms with E-state index >= 15 is 0 Å². The number of carbonyl (C=O) groups is 3. The highest BCUT2D eigenvalue weighted by Crippen LogP contribution is 2.44. The van der Waals surface area contributed by atoms with Crippen molar-refractivity contribution in [2.24, 2.45) is 5.92 Å². The minimum absolute atomic E-state index is 0.0417. The fraction of sp³-hybridized carbons (Fsp3) is 0.450. The minimum Gasteiger partial charge on any atom is -0.466 e. The van der Waals surface area contributed by atoms with Crippen molar-refractivity contribution in [1.82, 2.24) is 4.90 Å². The van der Waals surface area contributed by atoms with E-state index in [9.17, 15) is 24.5 Å². The van der Waals surface area contributed by atoms with E-state index in [1.165, 1.54) is 47.9 Å². The van der Waals surface area contributed by atoms with E-state index in [1.54, 1.807) is 0 Å². The maximum absolute atomic E-state index is 12.8. The molecule has 3 rings (SSSR count). The molecule has 1 unspecified atom stereocenters. The van der Waals surface area contributed by atoms with E-state index in [0.29, 0.717) is 12.0 Å². The highest BCUT2D eigenvalue weighted by Gasteiger charge is 2.56. The van der Waals surface area contributed by atoms with E-state index in [2.05, 4.69) is 0 Å². The molecule has 10 heteroatoms. The van der Waals surface area contributed by atoms with Crippen molar-refractivity contribution in [3.05, 3.63) is 50.9 Å². The summed E-state index contributed by atoms with van der Waals surface area (Å²) in [5.41, 5.74) is 0.575. The summed E-state index contributed by atoms with van der Waals surface area (Å²) in [5, 5.41) is 10.7. The van der Waals surface area contributed by atoms with Crippen LogP contribution in [0.5, 0.6) is 0 Å². The lowest BCUT2D eigenvalue weighted by molar-refractivity contribution is -0.384. The Morgan fingerprint density at radius 1 is 1.23 bits per heavy atom. The molecular weight excluding hydrogens is 412 g/mol. The van der Waals surface area contributed by atoms with Gasteiger partial charge in [-0.3, -0.25) is 19.7 Å². The number of β-lactam (4-membered cyclic amide) rings is 1. The molecule has 0 bridgehead atoms. The monoisotopic (exact) mass is 434 g/mol. The lowest BCUT2D eigenvalue weighted by Crippen LogP contribution is -2.62. The van der Waals surface area contributed by atoms with Gasteiger partial charge in [-0.15, -0.1) is 11.8 Å². The van der Waals surface area contributed by atoms with Crippen LogP contribution in [0.25, 0.3) is 0 Å². The smallest absolute Gasteiger partial charge is 0.334 e. The van der Waals surface area contributed by atoms with Crippen molar-refractivity contribution in [2.75, 3.05) is 12.4 Å². The molecule has 2 aliphatic rings. The molecule has 1 fully saturated rings. The SMILES string of the molecule is CCSC1=CC2[C@H](CCOC(C)=O)C(=O)N2[C@H]1C(=O)OCc1ccc([N+](=O)[O-])cc1. The molecule has 1 amide bonds. The lowest BCUT2D eigenvalue weighted by atomic mass is 9.86. The Hall–Kier alpha value is -2.88. The third-order valence-corrected chi connectivity index (χ3v) is 5.97. The Labute approximate surface area is 177 Å². The minimum atomic E-state index is -0.782. The first-order valence-corrected chi connectivity index (χ1v) is 10.5. The van der Waals surface area contributed by atoms with Crippen LogP contribution in [0.1, 0.15) is 25.8 Å². The van der Waals surface area contributed by atoms with Crippen molar-refractivity contribution in [3.63, 3.8) is 0 Å². The van der Waals surface area contributed by atoms with Crippen LogP contribution in [0, 0.1) is 16.0 Å². The number of hydrogen-bond acceptors (Lipinski definition) is 8. The zero-order valence-electron chi connectivity index (χ0n) is 16.6. The third-order valence-electron chi connectivity index (χ3n) is 4.98. The molecule has 9 nitrogen and oxygen atoms in total. The number of carbonyl (C=O) groups excluding carboxylic acids is 3. The number of nitrogens with zero attached hydrogens (tertiary/aromatic N) is 2. The molecule has 2 aliphatic heterocycles. The van der Waals surface area contributed by atoms with Crippen molar-refractivity contribution in [2.45, 2.75) is 39.0 Å². The molecule has 0 aliphatic carbocycles. The van der Waals surface area contributed by atoms with E-state index in [-0.39, 0.29) is 36.8 Å². The predicted molar refractivity (Wildman–Crippen MR) is 108 cm³/mol. The summed E-state index contributed by atoms with van der Waals surface area (Å²) in [6.07, 6.45) is 2.33. The maximum Gasteiger partial charge on any atom is 0.334 e. The van der Waals surface area contributed by atoms with Gasteiger partial charge in [0.05, 0.1) is 23.5 Å². The van der Waals surface area contributed by atoms with Gasteiger partial charge in [0.1, 0.15) is 6.61 Å². The summed E-state index contributed by atoms with van der Waals surface area (Å²) in [4.78, 5) is 48.9. The molecular formula is C20H22N2O7S. The highest BCUT2D eigenvalue weighted by atomic mass is 32.2. The van der Waals surface area contributed by atoms with Crippen LogP contribution in [-0.2, 0) is 30.5 Å². The standard InChI is InChI=1S/C20H22N2O7S/c1-3-30-17-10-16-15(8-9-28-12(2)23)19(24)21(16)18(17)20(25)29-11-13-4-6-14(7-5-13)22(26)27/h4-7,10,15-16,18H,3,8-9,11H2,1-2H3/t15-,16?,18+/m0/s1. The molecule has 160 valence electrons. The van der Waals surface area contributed by atoms with Gasteiger partial charge in [-0.2, -0.15) is 0 Å². The van der Waals surface area contributed by atoms with Crippen molar-refractivity contribution in [3.8, 4) is 0 Å². The highest BCUT2D eigenvalue weighted by molar-refractivity contribution is 8.03. The number of thioether (sulfide) groups is 1. The van der Waals surface area contributed by atoms with Gasteiger partial charge < -0.3 is 14.4 Å². The summed E-state index contributed by atoms with van der Waals surface area (Å²) in [7, 11) is 0. The van der Waals surface area contributed by atoms with Gasteiger partial charge in [-0.25, -0.2) is 4.79 Å². The molecule has 0 radical (unpaired) electrons. The second-order valence-corrected chi connectivity index (χ2v) is 8.24. The lowest BCUT2D eigenvalue weighted by Gasteiger charge is -2.44. The van der Waals surface area contributed by atoms with Gasteiger partial charge in [0, 0.05) is 24.0 Å². The quantitative estimate of drug-likeness (QED) is 0.252. The van der Waals surface area contributed by atoms with Crippen molar-refractivity contribution < 1.29 is 28.8 Å². The second-order valence-electron chi connectivity index (χ2n) is 6.91. The van der Waals surface area contributed by atoms with Crippen LogP contribution in [0.4, 0.5) is 5.69 Å². The number of nitro benzene ring substituents is 1. The van der Waals surface area contributed by atoms with E-state index in [1.807, 2.05) is 13.0 Å². The van der Waals surface area contributed by atoms with Crippen LogP contribution >= 0.6 is 11.8 Å². The summed E-state index contributed by atoms with van der Waals surface area (Å²) < 4.78 is 10.3. The number of non-ortho nitro benzene ring substituents is 1. The van der Waals surface area contributed by atoms with Gasteiger partial charge in [-0.05, 0) is 35.9 Å². The number of rotatable bonds is 9. The average molecular weight is 434 g/mol. The Morgan fingerprint density at radius 3 is 2.53 bits per heavy atom. The van der Waals surface area contributed by atoms with E-state index < -0.39 is 22.9 Å². The van der Waals surface area contributed by atoms with Gasteiger partial charge in [-0.1, -0.05) is 6.92 Å². The van der Waals surface area contributed by atoms with Crippen LogP contribution in [0.2, 0.25) is 0 Å². The fourth-order valence-corrected chi connectivity index (χ4v) is 4.52. The van der Waals surface area contributed by atoms with Gasteiger partial charge >= 0.3 is 11.9 Å². The van der Waals surface area contributed by atoms with Crippen LogP contribution < -0.4 is 0 Å². The molecule has 0 N–H and O–H groups in total. The van der Waals surface area contributed by atoms with Gasteiger partial charge in [0.25, 0.3) is 5.69 Å². The number of benzene rings is 1. The van der Waals surface area contributed by atoms with Gasteiger partial charge in [0.2, 0.25) is 5.91 Å². The Kier molecular flexibility index (Phi) is 6.76. The predicted octanol–water partition coefficient (Wildman–Crippen LogP) is 2.44. The summed E-state index contributed by atoms with van der Waals surface area (Å²) >= 11 is 1.49. The topological polar surface area (TPSA) is 116 Å². The van der Waals surface area contributed by atoms with E-state index in [0.717, 1.165) is 10.7 Å². The number of nitro groups is 1. The summed E-state index contributed by atoms with van der Waals surface area (Å²) in [6, 6.07) is 4.76. The zero-order chi connectivity index (χ0) is 21.8. The average Bonchev–Trinajstić information content (AvgIpc) is 3.04. The molecule has 0 aromatic heterocycles. The first kappa shape index (κ1) is 21.8. The number of ether oxygens (including phenoxy) is 2. The zero-order valence-corrected chi connectivity index (χ0v) is 17.4. The molecule has 0 spiro atoms. The molecule has 1 aromatic carbocycles. The fourth-order valence-electron chi connectivity index (χ4n) is 3.58. The number of esters is 2. The maximum atomic E-state index is 12.8. The second kappa shape index (κ2) is 9.29. The van der Waals surface area contributed by atoms with Crippen molar-refractivity contribution in [1.29, 1.82) is 0 Å². The molecule has 3 atom stereocenters. The van der Waals surface area contributed by atoms with Crippen LogP contribution in [0.3, 0.4) is 0 Å². The Balaban J connectivity index is 1.63. The third kappa shape index (κ3) is 4.48. The van der Waals surface area contributed by atoms with Gasteiger partial charge in [0.15, 0.2) is 6.04 Å². The summed E-state index contributed by atoms with van der Waals surface area (Å²) in [6.45, 7) is 3.40. The normalized spacial score (nSPS) is 22.1. The number of amides is 1. The Morgan fingerprint density at radius 2 is 1.93 bits per heavy atom. The largest absolute Gasteiger partial charge is 0.466 e. The van der Waals surface area contributed by atoms with Crippen molar-refractivity contribution >= 4 is 35.3 Å². The summed E-state index contributed by atoms with van der Waals surface area (Å²) in [5.74, 6) is -0.660. The molecule has 1 aromatic rings. The first-order chi connectivity index (χ1) is 14.3. The molecule has 1 saturated heterocycles.